The van der Waals surface area contributed by atoms with Gasteiger partial charge in [0.05, 0.1) is 6.04 Å². The average molecular weight is 318 g/mol. The summed E-state index contributed by atoms with van der Waals surface area (Å²) in [7, 11) is -3.71. The lowest BCUT2D eigenvalue weighted by atomic mass is 10.2. The predicted octanol–water partition coefficient (Wildman–Crippen LogP) is 4.52. The molecule has 0 radical (unpaired) electrons. The summed E-state index contributed by atoms with van der Waals surface area (Å²) in [6.45, 7) is 23.8. The maximum Gasteiger partial charge on any atom is 0.308 e. The smallest absolute Gasteiger partial charge is 0.308 e. The summed E-state index contributed by atoms with van der Waals surface area (Å²) >= 11 is 0. The summed E-state index contributed by atoms with van der Waals surface area (Å²) in [5.41, 5.74) is 0. The molecule has 0 saturated carbocycles. The summed E-state index contributed by atoms with van der Waals surface area (Å²) in [4.78, 5) is 15.9. The topological polar surface area (TPSA) is 38.3 Å². The van der Waals surface area contributed by atoms with Gasteiger partial charge in [-0.25, -0.2) is 0 Å². The maximum absolute atomic E-state index is 12.4. The SMILES string of the molecule is C[C@H](N[Si](C)(C)C(C)(C)C)C(=O)O[Si](C)(C)C(C)(C)C. The Bertz CT molecular complexity index is 352. The van der Waals surface area contributed by atoms with E-state index in [0.29, 0.717) is 0 Å². The highest BCUT2D eigenvalue weighted by Crippen LogP contribution is 2.37. The number of carbonyl (C=O) groups excluding carboxylic acids is 1. The van der Waals surface area contributed by atoms with E-state index in [1.807, 2.05) is 6.92 Å². The van der Waals surface area contributed by atoms with Crippen LogP contribution in [0.4, 0.5) is 0 Å². The van der Waals surface area contributed by atoms with Crippen LogP contribution in [0, 0.1) is 0 Å². The third-order valence-corrected chi connectivity index (χ3v) is 14.2. The molecule has 0 saturated heterocycles. The molecule has 120 valence electrons. The van der Waals surface area contributed by atoms with Gasteiger partial charge in [-0.05, 0) is 30.1 Å². The predicted molar refractivity (Wildman–Crippen MR) is 93.1 cm³/mol. The first-order valence-electron chi connectivity index (χ1n) is 7.52. The van der Waals surface area contributed by atoms with Gasteiger partial charge in [0.15, 0.2) is 0 Å². The minimum atomic E-state index is -2.03. The molecule has 0 aliphatic carbocycles. The van der Waals surface area contributed by atoms with Gasteiger partial charge in [0, 0.05) is 0 Å². The van der Waals surface area contributed by atoms with Crippen molar-refractivity contribution in [2.75, 3.05) is 0 Å². The van der Waals surface area contributed by atoms with Crippen LogP contribution in [-0.4, -0.2) is 28.6 Å². The van der Waals surface area contributed by atoms with Crippen molar-refractivity contribution in [3.63, 3.8) is 0 Å². The minimum absolute atomic E-state index is 0.0549. The van der Waals surface area contributed by atoms with E-state index >= 15 is 0 Å². The zero-order valence-electron chi connectivity index (χ0n) is 15.4. The van der Waals surface area contributed by atoms with E-state index in [9.17, 15) is 4.79 Å². The molecular weight excluding hydrogens is 282 g/mol. The number of nitrogens with one attached hydrogen (secondary N) is 1. The van der Waals surface area contributed by atoms with Gasteiger partial charge in [0.1, 0.15) is 8.24 Å². The number of carbonyl (C=O) groups is 1. The van der Waals surface area contributed by atoms with Crippen LogP contribution < -0.4 is 4.98 Å². The molecule has 0 rings (SSSR count). The molecule has 0 aromatic rings. The Kier molecular flexibility index (Phi) is 5.89. The van der Waals surface area contributed by atoms with Crippen LogP contribution in [0.25, 0.3) is 0 Å². The Labute approximate surface area is 128 Å². The fourth-order valence-corrected chi connectivity index (χ4v) is 3.93. The molecule has 0 amide bonds. The molecule has 1 atom stereocenters. The molecule has 0 aliphatic heterocycles. The van der Waals surface area contributed by atoms with Gasteiger partial charge in [-0.15, -0.1) is 0 Å². The van der Waals surface area contributed by atoms with Crippen molar-refractivity contribution < 1.29 is 9.22 Å². The third-order valence-electron chi connectivity index (χ3n) is 4.97. The Hall–Kier alpha value is -0.136. The molecule has 0 aliphatic rings. The van der Waals surface area contributed by atoms with Crippen LogP contribution in [0.2, 0.25) is 36.3 Å². The fourth-order valence-electron chi connectivity index (χ4n) is 1.31. The summed E-state index contributed by atoms with van der Waals surface area (Å²) in [6, 6.07) is -0.231. The van der Waals surface area contributed by atoms with Crippen LogP contribution in [0.5, 0.6) is 0 Å². The number of hydrogen-bond donors (Lipinski definition) is 1. The van der Waals surface area contributed by atoms with Crippen molar-refractivity contribution in [2.24, 2.45) is 0 Å². The highest BCUT2D eigenvalue weighted by molar-refractivity contribution is 6.78. The second-order valence-corrected chi connectivity index (χ2v) is 18.7. The van der Waals surface area contributed by atoms with Crippen LogP contribution in [0.1, 0.15) is 48.5 Å². The molecule has 20 heavy (non-hydrogen) atoms. The highest BCUT2D eigenvalue weighted by atomic mass is 28.4. The maximum atomic E-state index is 12.4. The first-order chi connectivity index (χ1) is 8.51. The van der Waals surface area contributed by atoms with Crippen LogP contribution in [0.15, 0.2) is 0 Å². The van der Waals surface area contributed by atoms with Crippen LogP contribution >= 0.6 is 0 Å². The Morgan fingerprint density at radius 3 is 1.65 bits per heavy atom. The molecule has 0 bridgehead atoms. The van der Waals surface area contributed by atoms with Crippen molar-refractivity contribution in [1.82, 2.24) is 4.98 Å². The quantitative estimate of drug-likeness (QED) is 0.775. The molecule has 0 spiro atoms. The summed E-state index contributed by atoms with van der Waals surface area (Å²) in [6.07, 6.45) is 0. The van der Waals surface area contributed by atoms with E-state index in [4.69, 9.17) is 4.43 Å². The van der Waals surface area contributed by atoms with Crippen molar-refractivity contribution in [1.29, 1.82) is 0 Å². The molecule has 3 nitrogen and oxygen atoms in total. The van der Waals surface area contributed by atoms with E-state index in [0.717, 1.165) is 0 Å². The van der Waals surface area contributed by atoms with E-state index in [1.54, 1.807) is 0 Å². The van der Waals surface area contributed by atoms with Gasteiger partial charge in [0.2, 0.25) is 0 Å². The molecule has 0 aromatic heterocycles. The van der Waals surface area contributed by atoms with Crippen molar-refractivity contribution in [3.8, 4) is 0 Å². The summed E-state index contributed by atoms with van der Waals surface area (Å²) < 4.78 is 5.88. The van der Waals surface area contributed by atoms with Gasteiger partial charge in [-0.3, -0.25) is 4.79 Å². The fraction of sp³-hybridized carbons (Fsp3) is 0.933. The first kappa shape index (κ1) is 19.9. The lowest BCUT2D eigenvalue weighted by Gasteiger charge is -2.41. The van der Waals surface area contributed by atoms with Gasteiger partial charge < -0.3 is 9.41 Å². The van der Waals surface area contributed by atoms with Crippen molar-refractivity contribution in [2.45, 2.75) is 90.8 Å². The molecule has 0 unspecified atom stereocenters. The van der Waals surface area contributed by atoms with Crippen molar-refractivity contribution >= 4 is 22.5 Å². The molecule has 5 heteroatoms. The van der Waals surface area contributed by atoms with Gasteiger partial charge in [-0.2, -0.15) is 0 Å². The molecular formula is C15H35NO2Si2. The van der Waals surface area contributed by atoms with E-state index < -0.39 is 16.6 Å². The van der Waals surface area contributed by atoms with E-state index in [-0.39, 0.29) is 22.1 Å². The number of hydrogen-bond acceptors (Lipinski definition) is 3. The Balaban J connectivity index is 4.83. The monoisotopic (exact) mass is 317 g/mol. The Morgan fingerprint density at radius 1 is 0.950 bits per heavy atom. The summed E-state index contributed by atoms with van der Waals surface area (Å²) in [5, 5.41) is 0.262. The van der Waals surface area contributed by atoms with Crippen LogP contribution in [0.3, 0.4) is 0 Å². The molecule has 0 aromatic carbocycles. The zero-order valence-corrected chi connectivity index (χ0v) is 17.4. The van der Waals surface area contributed by atoms with Crippen molar-refractivity contribution in [3.05, 3.63) is 0 Å². The second-order valence-electron chi connectivity index (χ2n) is 8.92. The first-order valence-corrected chi connectivity index (χ1v) is 13.4. The normalized spacial score (nSPS) is 15.9. The third kappa shape index (κ3) is 5.00. The van der Waals surface area contributed by atoms with Crippen LogP contribution in [-0.2, 0) is 9.22 Å². The lowest BCUT2D eigenvalue weighted by Crippen LogP contribution is -2.58. The van der Waals surface area contributed by atoms with Gasteiger partial charge in [-0.1, -0.05) is 54.6 Å². The molecule has 0 fully saturated rings. The van der Waals surface area contributed by atoms with E-state index in [2.05, 4.69) is 72.7 Å². The molecule has 0 heterocycles. The summed E-state index contributed by atoms with van der Waals surface area (Å²) in [5.74, 6) is -0.0959. The number of rotatable bonds is 4. The highest BCUT2D eigenvalue weighted by Gasteiger charge is 2.43. The lowest BCUT2D eigenvalue weighted by molar-refractivity contribution is -0.137. The second kappa shape index (κ2) is 5.93. The standard InChI is InChI=1S/C15H35NO2Si2/c1-12(16-19(8,9)14(2,3)4)13(17)18-20(10,11)15(5,6)7/h12,16H,1-11H3/t12-/m0/s1. The van der Waals surface area contributed by atoms with Gasteiger partial charge >= 0.3 is 5.97 Å². The minimum Gasteiger partial charge on any atom is -0.518 e. The molecule has 1 N–H and O–H groups in total. The largest absolute Gasteiger partial charge is 0.518 e. The average Bonchev–Trinajstić information content (AvgIpc) is 2.12. The Morgan fingerprint density at radius 2 is 1.35 bits per heavy atom. The van der Waals surface area contributed by atoms with E-state index in [1.165, 1.54) is 0 Å². The zero-order chi connectivity index (χ0) is 16.6. The van der Waals surface area contributed by atoms with Gasteiger partial charge in [0.25, 0.3) is 8.32 Å².